The van der Waals surface area contributed by atoms with Crippen molar-refractivity contribution in [3.8, 4) is 22.6 Å². The Morgan fingerprint density at radius 2 is 1.53 bits per heavy atom. The van der Waals surface area contributed by atoms with Gasteiger partial charge < -0.3 is 21.3 Å². The molecule has 0 fully saturated rings. The lowest BCUT2D eigenvalue weighted by atomic mass is 10.0. The van der Waals surface area contributed by atoms with E-state index in [0.29, 0.717) is 22.7 Å². The van der Waals surface area contributed by atoms with E-state index in [1.165, 1.54) is 6.07 Å². The van der Waals surface area contributed by atoms with Gasteiger partial charge in [-0.15, -0.1) is 0 Å². The van der Waals surface area contributed by atoms with Crippen molar-refractivity contribution >= 4 is 11.4 Å². The molecule has 5 N–H and O–H groups in total. The van der Waals surface area contributed by atoms with Gasteiger partial charge in [-0.2, -0.15) is 0 Å². The minimum absolute atomic E-state index is 0.119. The van der Waals surface area contributed by atoms with Gasteiger partial charge in [0.25, 0.3) is 0 Å². The van der Waals surface area contributed by atoms with Crippen molar-refractivity contribution < 1.29 is 9.84 Å². The number of ether oxygens (including phenoxy) is 1. The summed E-state index contributed by atoms with van der Waals surface area (Å²) in [4.78, 5) is 0. The average molecular weight is 230 g/mol. The van der Waals surface area contributed by atoms with Gasteiger partial charge in [0.05, 0.1) is 7.11 Å². The predicted molar refractivity (Wildman–Crippen MR) is 68.9 cm³/mol. The molecule has 0 aliphatic rings. The quantitative estimate of drug-likeness (QED) is 0.691. The number of phenolic OH excluding ortho intramolecular Hbond substituents is 1. The zero-order valence-corrected chi connectivity index (χ0v) is 9.47. The molecule has 0 aromatic heterocycles. The summed E-state index contributed by atoms with van der Waals surface area (Å²) in [5.74, 6) is 0.734. The molecule has 4 nitrogen and oxygen atoms in total. The van der Waals surface area contributed by atoms with Crippen LogP contribution in [0.15, 0.2) is 36.4 Å². The molecule has 0 heterocycles. The maximum atomic E-state index is 9.87. The molecule has 2 aromatic carbocycles. The van der Waals surface area contributed by atoms with Gasteiger partial charge in [0, 0.05) is 34.6 Å². The number of rotatable bonds is 2. The van der Waals surface area contributed by atoms with Gasteiger partial charge in [-0.3, -0.25) is 0 Å². The Hall–Kier alpha value is -2.36. The highest BCUT2D eigenvalue weighted by Gasteiger charge is 2.10. The van der Waals surface area contributed by atoms with Crippen molar-refractivity contribution in [2.75, 3.05) is 18.6 Å². The molecule has 0 saturated heterocycles. The lowest BCUT2D eigenvalue weighted by Crippen LogP contribution is -1.92. The van der Waals surface area contributed by atoms with Crippen molar-refractivity contribution in [2.45, 2.75) is 0 Å². The van der Waals surface area contributed by atoms with Crippen LogP contribution in [0.2, 0.25) is 0 Å². The first kappa shape index (κ1) is 11.1. The number of hydrogen-bond donors (Lipinski definition) is 3. The van der Waals surface area contributed by atoms with Gasteiger partial charge in [-0.25, -0.2) is 0 Å². The summed E-state index contributed by atoms with van der Waals surface area (Å²) in [5, 5.41) is 9.87. The topological polar surface area (TPSA) is 81.5 Å². The third-order valence-corrected chi connectivity index (χ3v) is 2.54. The maximum Gasteiger partial charge on any atom is 0.128 e. The first-order valence-electron chi connectivity index (χ1n) is 5.14. The van der Waals surface area contributed by atoms with Gasteiger partial charge in [-0.1, -0.05) is 0 Å². The molecule has 2 rings (SSSR count). The van der Waals surface area contributed by atoms with E-state index in [1.54, 1.807) is 37.4 Å². The van der Waals surface area contributed by atoms with E-state index in [1.807, 2.05) is 0 Å². The highest BCUT2D eigenvalue weighted by Crippen LogP contribution is 2.37. The standard InChI is InChI=1S/C13H14N2O2/c1-17-13-7-9(15)3-5-11(13)10-4-2-8(14)6-12(10)16/h2-7,16H,14-15H2,1H3. The second kappa shape index (κ2) is 4.25. The normalized spacial score (nSPS) is 10.2. The summed E-state index contributed by atoms with van der Waals surface area (Å²) in [6.45, 7) is 0. The second-order valence-electron chi connectivity index (χ2n) is 3.74. The minimum atomic E-state index is 0.119. The number of methoxy groups -OCH3 is 1. The van der Waals surface area contributed by atoms with Crippen LogP contribution in [-0.2, 0) is 0 Å². The fraction of sp³-hybridized carbons (Fsp3) is 0.0769. The predicted octanol–water partition coefficient (Wildman–Crippen LogP) is 2.23. The van der Waals surface area contributed by atoms with E-state index in [2.05, 4.69) is 0 Å². The van der Waals surface area contributed by atoms with Crippen LogP contribution in [0.1, 0.15) is 0 Å². The van der Waals surface area contributed by atoms with E-state index in [0.717, 1.165) is 5.56 Å². The molecular formula is C13H14N2O2. The summed E-state index contributed by atoms with van der Waals surface area (Å²) in [6, 6.07) is 10.3. The molecular weight excluding hydrogens is 216 g/mol. The third-order valence-electron chi connectivity index (χ3n) is 2.54. The number of benzene rings is 2. The van der Waals surface area contributed by atoms with E-state index in [-0.39, 0.29) is 5.75 Å². The Morgan fingerprint density at radius 1 is 0.941 bits per heavy atom. The van der Waals surface area contributed by atoms with Crippen LogP contribution in [0.3, 0.4) is 0 Å². The van der Waals surface area contributed by atoms with Crippen molar-refractivity contribution in [1.29, 1.82) is 0 Å². The largest absolute Gasteiger partial charge is 0.507 e. The van der Waals surface area contributed by atoms with Gasteiger partial charge in [0.15, 0.2) is 0 Å². The Morgan fingerprint density at radius 3 is 2.12 bits per heavy atom. The summed E-state index contributed by atoms with van der Waals surface area (Å²) < 4.78 is 5.24. The fourth-order valence-corrected chi connectivity index (χ4v) is 1.71. The number of nitrogen functional groups attached to an aromatic ring is 2. The molecule has 4 heteroatoms. The second-order valence-corrected chi connectivity index (χ2v) is 3.74. The molecule has 2 aromatic rings. The summed E-state index contributed by atoms with van der Waals surface area (Å²) in [5.41, 5.74) is 13.8. The number of nitrogens with two attached hydrogens (primary N) is 2. The molecule has 0 amide bonds. The summed E-state index contributed by atoms with van der Waals surface area (Å²) >= 11 is 0. The van der Waals surface area contributed by atoms with Gasteiger partial charge in [0.2, 0.25) is 0 Å². The SMILES string of the molecule is COc1cc(N)ccc1-c1ccc(N)cc1O. The van der Waals surface area contributed by atoms with Crippen molar-refractivity contribution in [1.82, 2.24) is 0 Å². The Balaban J connectivity index is 2.60. The minimum Gasteiger partial charge on any atom is -0.507 e. The number of phenols is 1. The van der Waals surface area contributed by atoms with Crippen molar-refractivity contribution in [3.63, 3.8) is 0 Å². The summed E-state index contributed by atoms with van der Waals surface area (Å²) in [7, 11) is 1.56. The van der Waals surface area contributed by atoms with Crippen LogP contribution in [0.5, 0.6) is 11.5 Å². The molecule has 0 spiro atoms. The first-order chi connectivity index (χ1) is 8.11. The molecule has 0 saturated carbocycles. The number of hydrogen-bond acceptors (Lipinski definition) is 4. The smallest absolute Gasteiger partial charge is 0.128 e. The van der Waals surface area contributed by atoms with Crippen molar-refractivity contribution in [2.24, 2.45) is 0 Å². The van der Waals surface area contributed by atoms with E-state index in [9.17, 15) is 5.11 Å². The Labute approximate surface area is 99.4 Å². The monoisotopic (exact) mass is 230 g/mol. The first-order valence-corrected chi connectivity index (χ1v) is 5.14. The van der Waals surface area contributed by atoms with Gasteiger partial charge in [-0.05, 0) is 24.3 Å². The van der Waals surface area contributed by atoms with Gasteiger partial charge >= 0.3 is 0 Å². The molecule has 88 valence electrons. The van der Waals surface area contributed by atoms with E-state index in [4.69, 9.17) is 16.2 Å². The highest BCUT2D eigenvalue weighted by atomic mass is 16.5. The summed E-state index contributed by atoms with van der Waals surface area (Å²) in [6.07, 6.45) is 0. The Bertz CT molecular complexity index is 553. The van der Waals surface area contributed by atoms with E-state index >= 15 is 0 Å². The van der Waals surface area contributed by atoms with E-state index < -0.39 is 0 Å². The van der Waals surface area contributed by atoms with Crippen LogP contribution in [0.4, 0.5) is 11.4 Å². The lowest BCUT2D eigenvalue weighted by molar-refractivity contribution is 0.416. The third kappa shape index (κ3) is 2.10. The zero-order valence-electron chi connectivity index (χ0n) is 9.47. The lowest BCUT2D eigenvalue weighted by Gasteiger charge is -2.11. The van der Waals surface area contributed by atoms with Crippen LogP contribution in [0, 0.1) is 0 Å². The number of anilines is 2. The zero-order chi connectivity index (χ0) is 12.4. The van der Waals surface area contributed by atoms with Crippen molar-refractivity contribution in [3.05, 3.63) is 36.4 Å². The van der Waals surface area contributed by atoms with Crippen LogP contribution in [-0.4, -0.2) is 12.2 Å². The molecule has 17 heavy (non-hydrogen) atoms. The molecule has 0 atom stereocenters. The molecule has 0 aliphatic carbocycles. The molecule has 0 unspecified atom stereocenters. The number of aromatic hydroxyl groups is 1. The fourth-order valence-electron chi connectivity index (χ4n) is 1.71. The van der Waals surface area contributed by atoms with Crippen LogP contribution < -0.4 is 16.2 Å². The van der Waals surface area contributed by atoms with Crippen LogP contribution >= 0.6 is 0 Å². The molecule has 0 bridgehead atoms. The van der Waals surface area contributed by atoms with Crippen LogP contribution in [0.25, 0.3) is 11.1 Å². The maximum absolute atomic E-state index is 9.87. The molecule has 0 radical (unpaired) electrons. The Kier molecular flexibility index (Phi) is 2.78. The van der Waals surface area contributed by atoms with Gasteiger partial charge in [0.1, 0.15) is 11.5 Å². The average Bonchev–Trinajstić information content (AvgIpc) is 2.30. The molecule has 0 aliphatic heterocycles. The highest BCUT2D eigenvalue weighted by molar-refractivity contribution is 5.78.